The Morgan fingerprint density at radius 1 is 0.909 bits per heavy atom. The van der Waals surface area contributed by atoms with E-state index in [-0.39, 0.29) is 0 Å². The Morgan fingerprint density at radius 2 is 1.50 bits per heavy atom. The van der Waals surface area contributed by atoms with Crippen molar-refractivity contribution in [3.8, 4) is 17.2 Å². The van der Waals surface area contributed by atoms with Crippen molar-refractivity contribution in [1.82, 2.24) is 0 Å². The van der Waals surface area contributed by atoms with Gasteiger partial charge in [-0.1, -0.05) is 17.7 Å². The molecule has 0 aromatic heterocycles. The standard InChI is InChI=1S/C18H18O4/c1-13-4-7-15(8-5-13)22-18(19)9-6-14-10-16(20-2)12-17(11-14)21-3/h4-12H,1-3H3/b9-6+. The Kier molecular flexibility index (Phi) is 5.20. The molecule has 0 aliphatic carbocycles. The number of esters is 1. The molecule has 0 fully saturated rings. The van der Waals surface area contributed by atoms with Crippen molar-refractivity contribution in [2.24, 2.45) is 0 Å². The van der Waals surface area contributed by atoms with Crippen molar-refractivity contribution in [3.63, 3.8) is 0 Å². The highest BCUT2D eigenvalue weighted by Crippen LogP contribution is 2.23. The van der Waals surface area contributed by atoms with Gasteiger partial charge in [0.15, 0.2) is 0 Å². The molecule has 0 saturated carbocycles. The second-order valence-corrected chi connectivity index (χ2v) is 4.71. The third kappa shape index (κ3) is 4.38. The van der Waals surface area contributed by atoms with Gasteiger partial charge in [0.25, 0.3) is 0 Å². The molecule has 0 N–H and O–H groups in total. The summed E-state index contributed by atoms with van der Waals surface area (Å²) in [7, 11) is 3.15. The van der Waals surface area contributed by atoms with E-state index in [2.05, 4.69) is 0 Å². The van der Waals surface area contributed by atoms with E-state index in [9.17, 15) is 4.79 Å². The normalized spacial score (nSPS) is 10.5. The molecular weight excluding hydrogens is 280 g/mol. The monoisotopic (exact) mass is 298 g/mol. The van der Waals surface area contributed by atoms with Gasteiger partial charge in [0.05, 0.1) is 14.2 Å². The predicted octanol–water partition coefficient (Wildman–Crippen LogP) is 3.63. The first-order valence-corrected chi connectivity index (χ1v) is 6.80. The lowest BCUT2D eigenvalue weighted by Crippen LogP contribution is -2.03. The van der Waals surface area contributed by atoms with E-state index in [1.54, 1.807) is 50.6 Å². The van der Waals surface area contributed by atoms with Crippen molar-refractivity contribution in [3.05, 3.63) is 59.7 Å². The third-order valence-corrected chi connectivity index (χ3v) is 3.03. The van der Waals surface area contributed by atoms with Crippen molar-refractivity contribution < 1.29 is 19.0 Å². The average molecular weight is 298 g/mol. The molecule has 4 nitrogen and oxygen atoms in total. The number of hydrogen-bond acceptors (Lipinski definition) is 4. The molecule has 0 atom stereocenters. The SMILES string of the molecule is COc1cc(/C=C/C(=O)Oc2ccc(C)cc2)cc(OC)c1. The van der Waals surface area contributed by atoms with Crippen LogP contribution in [0.3, 0.4) is 0 Å². The minimum Gasteiger partial charge on any atom is -0.497 e. The third-order valence-electron chi connectivity index (χ3n) is 3.03. The molecule has 2 rings (SSSR count). The molecule has 114 valence electrons. The van der Waals surface area contributed by atoms with Crippen LogP contribution in [0, 0.1) is 6.92 Å². The van der Waals surface area contributed by atoms with Crippen LogP contribution >= 0.6 is 0 Å². The van der Waals surface area contributed by atoms with Crippen molar-refractivity contribution in [1.29, 1.82) is 0 Å². The number of benzene rings is 2. The fraction of sp³-hybridized carbons (Fsp3) is 0.167. The predicted molar refractivity (Wildman–Crippen MR) is 85.4 cm³/mol. The number of aryl methyl sites for hydroxylation is 1. The molecule has 4 heteroatoms. The van der Waals surface area contributed by atoms with Gasteiger partial charge < -0.3 is 14.2 Å². The van der Waals surface area contributed by atoms with Gasteiger partial charge in [0.1, 0.15) is 17.2 Å². The van der Waals surface area contributed by atoms with Crippen LogP contribution in [0.5, 0.6) is 17.2 Å². The molecule has 0 spiro atoms. The summed E-state index contributed by atoms with van der Waals surface area (Å²) in [5.74, 6) is 1.39. The van der Waals surface area contributed by atoms with Crippen LogP contribution in [-0.2, 0) is 4.79 Å². The van der Waals surface area contributed by atoms with Crippen LogP contribution in [0.4, 0.5) is 0 Å². The van der Waals surface area contributed by atoms with Gasteiger partial charge in [-0.05, 0) is 42.8 Å². The van der Waals surface area contributed by atoms with Crippen LogP contribution < -0.4 is 14.2 Å². The number of ether oxygens (including phenoxy) is 3. The maximum atomic E-state index is 11.8. The molecule has 0 saturated heterocycles. The smallest absolute Gasteiger partial charge is 0.336 e. The van der Waals surface area contributed by atoms with Crippen LogP contribution in [0.25, 0.3) is 6.08 Å². The molecule has 2 aromatic carbocycles. The molecule has 0 heterocycles. The van der Waals surface area contributed by atoms with Crippen LogP contribution in [0.15, 0.2) is 48.5 Å². The van der Waals surface area contributed by atoms with Gasteiger partial charge in [-0.2, -0.15) is 0 Å². The second-order valence-electron chi connectivity index (χ2n) is 4.71. The van der Waals surface area contributed by atoms with E-state index >= 15 is 0 Å². The van der Waals surface area contributed by atoms with Gasteiger partial charge >= 0.3 is 5.97 Å². The zero-order valence-electron chi connectivity index (χ0n) is 12.8. The number of methoxy groups -OCH3 is 2. The average Bonchev–Trinajstić information content (AvgIpc) is 2.54. The van der Waals surface area contributed by atoms with Gasteiger partial charge in [0, 0.05) is 12.1 Å². The summed E-state index contributed by atoms with van der Waals surface area (Å²) in [5, 5.41) is 0. The first-order valence-electron chi connectivity index (χ1n) is 6.80. The van der Waals surface area contributed by atoms with Gasteiger partial charge in [-0.25, -0.2) is 4.79 Å². The Hall–Kier alpha value is -2.75. The van der Waals surface area contributed by atoms with Crippen LogP contribution in [0.1, 0.15) is 11.1 Å². The Bertz CT molecular complexity index is 650. The molecular formula is C18H18O4. The van der Waals surface area contributed by atoms with E-state index < -0.39 is 5.97 Å². The molecule has 0 aliphatic rings. The zero-order valence-corrected chi connectivity index (χ0v) is 12.8. The van der Waals surface area contributed by atoms with E-state index in [0.717, 1.165) is 11.1 Å². The van der Waals surface area contributed by atoms with E-state index in [1.807, 2.05) is 19.1 Å². The molecule has 22 heavy (non-hydrogen) atoms. The summed E-state index contributed by atoms with van der Waals surface area (Å²) in [4.78, 5) is 11.8. The van der Waals surface area contributed by atoms with Crippen molar-refractivity contribution in [2.45, 2.75) is 6.92 Å². The fourth-order valence-electron chi connectivity index (χ4n) is 1.85. The topological polar surface area (TPSA) is 44.8 Å². The lowest BCUT2D eigenvalue weighted by atomic mass is 10.2. The minimum absolute atomic E-state index is 0.439. The maximum absolute atomic E-state index is 11.8. The summed E-state index contributed by atoms with van der Waals surface area (Å²) < 4.78 is 15.6. The van der Waals surface area contributed by atoms with Crippen molar-refractivity contribution in [2.75, 3.05) is 14.2 Å². The summed E-state index contributed by atoms with van der Waals surface area (Å²) in [6.07, 6.45) is 3.02. The lowest BCUT2D eigenvalue weighted by Gasteiger charge is -2.05. The largest absolute Gasteiger partial charge is 0.497 e. The van der Waals surface area contributed by atoms with E-state index in [0.29, 0.717) is 17.2 Å². The van der Waals surface area contributed by atoms with Gasteiger partial charge in [0.2, 0.25) is 0 Å². The zero-order chi connectivity index (χ0) is 15.9. The van der Waals surface area contributed by atoms with E-state index in [4.69, 9.17) is 14.2 Å². The van der Waals surface area contributed by atoms with Crippen LogP contribution in [-0.4, -0.2) is 20.2 Å². The first kappa shape index (κ1) is 15.6. The maximum Gasteiger partial charge on any atom is 0.336 e. The number of hydrogen-bond donors (Lipinski definition) is 0. The summed E-state index contributed by atoms with van der Waals surface area (Å²) in [5.41, 5.74) is 1.90. The number of carbonyl (C=O) groups is 1. The van der Waals surface area contributed by atoms with Crippen LogP contribution in [0.2, 0.25) is 0 Å². The highest BCUT2D eigenvalue weighted by atomic mass is 16.5. The summed E-state index contributed by atoms with van der Waals surface area (Å²) in [6.45, 7) is 1.97. The van der Waals surface area contributed by atoms with E-state index in [1.165, 1.54) is 6.08 Å². The molecule has 0 bridgehead atoms. The highest BCUT2D eigenvalue weighted by Gasteiger charge is 2.02. The second kappa shape index (κ2) is 7.31. The molecule has 0 radical (unpaired) electrons. The molecule has 2 aromatic rings. The summed E-state index contributed by atoms with van der Waals surface area (Å²) >= 11 is 0. The van der Waals surface area contributed by atoms with Gasteiger partial charge in [-0.15, -0.1) is 0 Å². The first-order chi connectivity index (χ1) is 10.6. The lowest BCUT2D eigenvalue weighted by molar-refractivity contribution is -0.128. The molecule has 0 amide bonds. The highest BCUT2D eigenvalue weighted by molar-refractivity contribution is 5.88. The Morgan fingerprint density at radius 3 is 2.05 bits per heavy atom. The quantitative estimate of drug-likeness (QED) is 0.480. The van der Waals surface area contributed by atoms with Crippen molar-refractivity contribution >= 4 is 12.0 Å². The Balaban J connectivity index is 2.07. The molecule has 0 aliphatic heterocycles. The Labute approximate surface area is 129 Å². The molecule has 0 unspecified atom stereocenters. The number of carbonyl (C=O) groups excluding carboxylic acids is 1. The fourth-order valence-corrected chi connectivity index (χ4v) is 1.85. The minimum atomic E-state index is -0.439. The van der Waals surface area contributed by atoms with Gasteiger partial charge in [-0.3, -0.25) is 0 Å². The number of rotatable bonds is 5. The summed E-state index contributed by atoms with van der Waals surface area (Å²) in [6, 6.07) is 12.7.